The van der Waals surface area contributed by atoms with Crippen molar-refractivity contribution >= 4 is 27.8 Å². The molecule has 0 saturated heterocycles. The lowest BCUT2D eigenvalue weighted by atomic mass is 9.80. The van der Waals surface area contributed by atoms with Gasteiger partial charge in [-0.25, -0.2) is 4.98 Å². The van der Waals surface area contributed by atoms with Gasteiger partial charge in [-0.1, -0.05) is 48.5 Å². The molecule has 0 spiro atoms. The van der Waals surface area contributed by atoms with E-state index < -0.39 is 6.10 Å². The summed E-state index contributed by atoms with van der Waals surface area (Å²) in [6.45, 7) is 0. The summed E-state index contributed by atoms with van der Waals surface area (Å²) >= 11 is 0. The Balaban J connectivity index is 1.83. The summed E-state index contributed by atoms with van der Waals surface area (Å²) in [4.78, 5) is 17.6. The van der Waals surface area contributed by atoms with Gasteiger partial charge in [0, 0.05) is 22.9 Å². The van der Waals surface area contributed by atoms with Crippen LogP contribution in [0.3, 0.4) is 0 Å². The number of aromatic nitrogens is 1. The van der Waals surface area contributed by atoms with Crippen molar-refractivity contribution in [1.82, 2.24) is 4.98 Å². The molecule has 0 bridgehead atoms. The van der Waals surface area contributed by atoms with Gasteiger partial charge in [0.25, 0.3) is 0 Å². The Morgan fingerprint density at radius 1 is 1.00 bits per heavy atom. The van der Waals surface area contributed by atoms with Gasteiger partial charge in [-0.3, -0.25) is 4.79 Å². The van der Waals surface area contributed by atoms with Crippen LogP contribution >= 0.6 is 0 Å². The Bertz CT molecular complexity index is 1040. The normalized spacial score (nSPS) is 22.2. The molecular weight excluding hydrogens is 310 g/mol. The molecule has 3 nitrogen and oxygen atoms in total. The van der Waals surface area contributed by atoms with Crippen LogP contribution in [-0.2, 0) is 4.79 Å². The summed E-state index contributed by atoms with van der Waals surface area (Å²) in [5, 5.41) is 11.7. The molecular formula is C22H17NO2. The van der Waals surface area contributed by atoms with Crippen molar-refractivity contribution in [2.45, 2.75) is 18.9 Å². The van der Waals surface area contributed by atoms with Gasteiger partial charge < -0.3 is 5.11 Å². The first-order chi connectivity index (χ1) is 12.2. The third-order valence-corrected chi connectivity index (χ3v) is 5.33. The number of aliphatic hydroxyl groups is 1. The minimum Gasteiger partial charge on any atom is -0.388 e. The topological polar surface area (TPSA) is 50.2 Å². The average molecular weight is 327 g/mol. The Morgan fingerprint density at radius 2 is 1.76 bits per heavy atom. The molecule has 1 heterocycles. The monoisotopic (exact) mass is 327 g/mol. The number of benzene rings is 2. The van der Waals surface area contributed by atoms with Crippen LogP contribution < -0.4 is 0 Å². The highest BCUT2D eigenvalue weighted by Gasteiger charge is 2.40. The molecule has 2 aliphatic carbocycles. The van der Waals surface area contributed by atoms with Gasteiger partial charge in [-0.2, -0.15) is 0 Å². The first-order valence-electron chi connectivity index (χ1n) is 8.63. The summed E-state index contributed by atoms with van der Waals surface area (Å²) in [5.74, 6) is 0.208. The lowest BCUT2D eigenvalue weighted by Gasteiger charge is -2.28. The molecule has 2 atom stereocenters. The highest BCUT2D eigenvalue weighted by atomic mass is 16.3. The molecule has 2 unspecified atom stereocenters. The molecule has 1 N–H and O–H groups in total. The summed E-state index contributed by atoms with van der Waals surface area (Å²) in [6, 6.07) is 19.8. The zero-order chi connectivity index (χ0) is 17.0. The molecule has 3 heteroatoms. The third kappa shape index (κ3) is 2.16. The third-order valence-electron chi connectivity index (χ3n) is 5.33. The molecule has 0 amide bonds. The van der Waals surface area contributed by atoms with E-state index in [4.69, 9.17) is 4.98 Å². The van der Waals surface area contributed by atoms with E-state index in [0.29, 0.717) is 12.8 Å². The van der Waals surface area contributed by atoms with Crippen LogP contribution in [0.4, 0.5) is 0 Å². The number of allylic oxidation sites excluding steroid dienone is 2. The van der Waals surface area contributed by atoms with Crippen LogP contribution in [0.5, 0.6) is 0 Å². The standard InChI is InChI=1S/C22H17NO2/c24-18-11-15-12-19(25)20(13-6-2-1-3-7-13)21(15)22-16(18)10-14-8-4-5-9-17(14)23-22/h1-10,15,18,24H,11-12H2. The molecule has 0 radical (unpaired) electrons. The Labute approximate surface area is 145 Å². The SMILES string of the molecule is O=C1CC2CC(O)c3cc4ccccc4nc3C2=C1c1ccccc1. The van der Waals surface area contributed by atoms with Crippen molar-refractivity contribution in [3.05, 3.63) is 77.5 Å². The molecule has 2 aliphatic rings. The lowest BCUT2D eigenvalue weighted by molar-refractivity contribution is -0.113. The van der Waals surface area contributed by atoms with E-state index in [0.717, 1.165) is 38.9 Å². The zero-order valence-electron chi connectivity index (χ0n) is 13.6. The van der Waals surface area contributed by atoms with Crippen molar-refractivity contribution in [1.29, 1.82) is 0 Å². The van der Waals surface area contributed by atoms with E-state index in [-0.39, 0.29) is 11.7 Å². The zero-order valence-corrected chi connectivity index (χ0v) is 13.6. The molecule has 1 aromatic heterocycles. The van der Waals surface area contributed by atoms with Gasteiger partial charge in [0.1, 0.15) is 0 Å². The summed E-state index contributed by atoms with van der Waals surface area (Å²) < 4.78 is 0. The first-order valence-corrected chi connectivity index (χ1v) is 8.63. The number of fused-ring (bicyclic) bond motifs is 4. The van der Waals surface area contributed by atoms with E-state index in [1.54, 1.807) is 0 Å². The Kier molecular flexibility index (Phi) is 3.12. The van der Waals surface area contributed by atoms with Gasteiger partial charge >= 0.3 is 0 Å². The fraction of sp³-hybridized carbons (Fsp3) is 0.182. The van der Waals surface area contributed by atoms with E-state index >= 15 is 0 Å². The highest BCUT2D eigenvalue weighted by Crippen LogP contribution is 2.50. The van der Waals surface area contributed by atoms with E-state index in [1.807, 2.05) is 60.7 Å². The van der Waals surface area contributed by atoms with Crippen molar-refractivity contribution in [3.63, 3.8) is 0 Å². The minimum absolute atomic E-state index is 0.0545. The van der Waals surface area contributed by atoms with E-state index in [1.165, 1.54) is 0 Å². The molecule has 3 aromatic rings. The van der Waals surface area contributed by atoms with E-state index in [2.05, 4.69) is 0 Å². The minimum atomic E-state index is -0.566. The van der Waals surface area contributed by atoms with Gasteiger partial charge in [-0.05, 0) is 35.6 Å². The second-order valence-electron chi connectivity index (χ2n) is 6.85. The first kappa shape index (κ1) is 14.6. The molecule has 0 saturated carbocycles. The van der Waals surface area contributed by atoms with Crippen molar-refractivity contribution in [3.8, 4) is 0 Å². The maximum absolute atomic E-state index is 12.8. The quantitative estimate of drug-likeness (QED) is 0.730. The molecule has 122 valence electrons. The van der Waals surface area contributed by atoms with Crippen LogP contribution in [0.25, 0.3) is 22.0 Å². The Hall–Kier alpha value is -2.78. The number of hydrogen-bond acceptors (Lipinski definition) is 3. The fourth-order valence-electron chi connectivity index (χ4n) is 4.21. The number of aliphatic hydroxyl groups excluding tert-OH is 1. The number of carbonyl (C=O) groups excluding carboxylic acids is 1. The van der Waals surface area contributed by atoms with Gasteiger partial charge in [0.2, 0.25) is 0 Å². The average Bonchev–Trinajstić information content (AvgIpc) is 2.97. The van der Waals surface area contributed by atoms with Gasteiger partial charge in [0.15, 0.2) is 5.78 Å². The van der Waals surface area contributed by atoms with Crippen molar-refractivity contribution in [2.24, 2.45) is 5.92 Å². The molecule has 2 aromatic carbocycles. The molecule has 0 fully saturated rings. The molecule has 25 heavy (non-hydrogen) atoms. The number of pyridine rings is 1. The number of rotatable bonds is 1. The van der Waals surface area contributed by atoms with E-state index in [9.17, 15) is 9.90 Å². The van der Waals surface area contributed by atoms with Crippen LogP contribution in [0.15, 0.2) is 60.7 Å². The molecule has 5 rings (SSSR count). The summed E-state index contributed by atoms with van der Waals surface area (Å²) in [6.07, 6.45) is 0.485. The number of Topliss-reactive ketones (excluding diaryl/α,β-unsaturated/α-hetero) is 1. The second-order valence-corrected chi connectivity index (χ2v) is 6.85. The fourth-order valence-corrected chi connectivity index (χ4v) is 4.21. The summed E-state index contributed by atoms with van der Waals surface area (Å²) in [7, 11) is 0. The largest absolute Gasteiger partial charge is 0.388 e. The van der Waals surface area contributed by atoms with Gasteiger partial charge in [0.05, 0.1) is 17.3 Å². The van der Waals surface area contributed by atoms with Crippen LogP contribution in [0.1, 0.15) is 35.8 Å². The lowest BCUT2D eigenvalue weighted by Crippen LogP contribution is -2.17. The molecule has 0 aliphatic heterocycles. The predicted octanol–water partition coefficient (Wildman–Crippen LogP) is 4.17. The van der Waals surface area contributed by atoms with Crippen LogP contribution in [-0.4, -0.2) is 15.9 Å². The maximum atomic E-state index is 12.8. The number of hydrogen-bond donors (Lipinski definition) is 1. The predicted molar refractivity (Wildman–Crippen MR) is 97.7 cm³/mol. The van der Waals surface area contributed by atoms with Crippen LogP contribution in [0, 0.1) is 5.92 Å². The van der Waals surface area contributed by atoms with Crippen molar-refractivity contribution in [2.75, 3.05) is 0 Å². The Morgan fingerprint density at radius 3 is 2.60 bits per heavy atom. The van der Waals surface area contributed by atoms with Gasteiger partial charge in [-0.15, -0.1) is 0 Å². The number of ketones is 1. The number of carbonyl (C=O) groups is 1. The smallest absolute Gasteiger partial charge is 0.164 e. The second kappa shape index (κ2) is 5.36. The number of para-hydroxylation sites is 1. The van der Waals surface area contributed by atoms with Crippen LogP contribution in [0.2, 0.25) is 0 Å². The van der Waals surface area contributed by atoms with Crippen molar-refractivity contribution < 1.29 is 9.90 Å². The highest BCUT2D eigenvalue weighted by molar-refractivity contribution is 6.31. The summed E-state index contributed by atoms with van der Waals surface area (Å²) in [5.41, 5.74) is 5.28. The maximum Gasteiger partial charge on any atom is 0.164 e. The number of nitrogens with zero attached hydrogens (tertiary/aromatic N) is 1.